The van der Waals surface area contributed by atoms with Crippen molar-refractivity contribution in [3.05, 3.63) is 54.6 Å². The van der Waals surface area contributed by atoms with E-state index in [0.29, 0.717) is 0 Å². The molecule has 3 aromatic heterocycles. The van der Waals surface area contributed by atoms with Crippen molar-refractivity contribution in [1.82, 2.24) is 34.4 Å². The van der Waals surface area contributed by atoms with Gasteiger partial charge < -0.3 is 29.9 Å². The summed E-state index contributed by atoms with van der Waals surface area (Å²) in [5.74, 6) is 3.61. The fourth-order valence-corrected chi connectivity index (χ4v) is 5.44. The molecule has 1 aromatic carbocycles. The Kier molecular flexibility index (Phi) is 8.17. The van der Waals surface area contributed by atoms with Crippen molar-refractivity contribution < 1.29 is 0 Å². The molecule has 0 spiro atoms. The molecule has 0 radical (unpaired) electrons. The maximum atomic E-state index is 4.92. The van der Waals surface area contributed by atoms with E-state index >= 15 is 0 Å². The lowest BCUT2D eigenvalue weighted by atomic mass is 10.2. The monoisotopic (exact) mass is 541 g/mol. The van der Waals surface area contributed by atoms with Gasteiger partial charge in [-0.2, -0.15) is 9.97 Å². The Morgan fingerprint density at radius 3 is 2.33 bits per heavy atom. The maximum Gasteiger partial charge on any atom is 0.229 e. The van der Waals surface area contributed by atoms with E-state index in [4.69, 9.17) is 9.97 Å². The summed E-state index contributed by atoms with van der Waals surface area (Å²) in [6.45, 7) is 8.33. The van der Waals surface area contributed by atoms with Crippen LogP contribution in [0.5, 0.6) is 0 Å². The molecule has 0 saturated carbocycles. The van der Waals surface area contributed by atoms with Crippen LogP contribution in [0.25, 0.3) is 11.2 Å². The molecule has 4 aromatic rings. The second-order valence-corrected chi connectivity index (χ2v) is 10.7. The van der Waals surface area contributed by atoms with Crippen LogP contribution in [0.1, 0.15) is 31.2 Å². The summed E-state index contributed by atoms with van der Waals surface area (Å²) in [5.41, 5.74) is 2.85. The highest BCUT2D eigenvalue weighted by molar-refractivity contribution is 5.82. The van der Waals surface area contributed by atoms with Gasteiger partial charge in [-0.25, -0.2) is 15.0 Å². The molecular formula is C29H39N11. The Labute approximate surface area is 235 Å². The molecule has 11 heteroatoms. The number of aromatic nitrogens is 6. The van der Waals surface area contributed by atoms with Crippen LogP contribution in [0.4, 0.5) is 23.4 Å². The molecule has 2 fully saturated rings. The largest absolute Gasteiger partial charge is 0.369 e. The number of hydrogen-bond donors (Lipinski definition) is 2. The normalized spacial score (nSPS) is 15.4. The molecule has 2 saturated heterocycles. The lowest BCUT2D eigenvalue weighted by Gasteiger charge is -2.22. The topological polar surface area (TPSA) is 103 Å². The molecule has 5 heterocycles. The third-order valence-electron chi connectivity index (χ3n) is 7.70. The van der Waals surface area contributed by atoms with Crippen LogP contribution in [-0.4, -0.2) is 93.8 Å². The van der Waals surface area contributed by atoms with E-state index in [1.54, 1.807) is 6.33 Å². The maximum absolute atomic E-state index is 4.92. The summed E-state index contributed by atoms with van der Waals surface area (Å²) in [6, 6.07) is 12.5. The first kappa shape index (κ1) is 26.2. The first-order valence-electron chi connectivity index (χ1n) is 14.5. The van der Waals surface area contributed by atoms with Crippen LogP contribution in [0.2, 0.25) is 0 Å². The lowest BCUT2D eigenvalue weighted by molar-refractivity contribution is 0.360. The van der Waals surface area contributed by atoms with Gasteiger partial charge in [-0.1, -0.05) is 30.3 Å². The summed E-state index contributed by atoms with van der Waals surface area (Å²) in [5, 5.41) is 7.02. The SMILES string of the molecule is CN(CCNc1cc(N2CCCC2)nc(N2CCCC2)n1)CCNc1ncnc2c1ncn2Cc1ccccc1. The zero-order valence-corrected chi connectivity index (χ0v) is 23.3. The number of fused-ring (bicyclic) bond motifs is 1. The first-order chi connectivity index (χ1) is 19.7. The molecule has 210 valence electrons. The average Bonchev–Trinajstić information content (AvgIpc) is 3.77. The second kappa shape index (κ2) is 12.5. The van der Waals surface area contributed by atoms with E-state index in [-0.39, 0.29) is 0 Å². The first-order valence-corrected chi connectivity index (χ1v) is 14.5. The zero-order valence-electron chi connectivity index (χ0n) is 23.3. The number of benzene rings is 1. The third kappa shape index (κ3) is 6.25. The van der Waals surface area contributed by atoms with E-state index in [1.165, 1.54) is 31.2 Å². The molecular weight excluding hydrogens is 502 g/mol. The van der Waals surface area contributed by atoms with Crippen LogP contribution < -0.4 is 20.4 Å². The quantitative estimate of drug-likeness (QED) is 0.278. The molecule has 0 atom stereocenters. The predicted molar refractivity (Wildman–Crippen MR) is 160 cm³/mol. The van der Waals surface area contributed by atoms with Gasteiger partial charge in [0.2, 0.25) is 5.95 Å². The zero-order chi connectivity index (χ0) is 27.1. The van der Waals surface area contributed by atoms with Crippen LogP contribution in [-0.2, 0) is 6.54 Å². The van der Waals surface area contributed by atoms with Crippen molar-refractivity contribution >= 4 is 34.6 Å². The number of hydrogen-bond acceptors (Lipinski definition) is 10. The van der Waals surface area contributed by atoms with Gasteiger partial charge in [-0.15, -0.1) is 0 Å². The minimum absolute atomic E-state index is 0.731. The van der Waals surface area contributed by atoms with Gasteiger partial charge >= 0.3 is 0 Å². The minimum Gasteiger partial charge on any atom is -0.369 e. The van der Waals surface area contributed by atoms with Gasteiger partial charge in [-0.3, -0.25) is 0 Å². The van der Waals surface area contributed by atoms with Crippen LogP contribution >= 0.6 is 0 Å². The van der Waals surface area contributed by atoms with E-state index < -0.39 is 0 Å². The van der Waals surface area contributed by atoms with Crippen molar-refractivity contribution in [1.29, 1.82) is 0 Å². The van der Waals surface area contributed by atoms with Gasteiger partial charge in [0.05, 0.1) is 12.9 Å². The van der Waals surface area contributed by atoms with Crippen molar-refractivity contribution in [2.24, 2.45) is 0 Å². The predicted octanol–water partition coefficient (Wildman–Crippen LogP) is 3.32. The van der Waals surface area contributed by atoms with E-state index in [9.17, 15) is 0 Å². The summed E-state index contributed by atoms with van der Waals surface area (Å²) in [6.07, 6.45) is 8.36. The van der Waals surface area contributed by atoms with E-state index in [0.717, 1.165) is 93.5 Å². The third-order valence-corrected chi connectivity index (χ3v) is 7.70. The Morgan fingerprint density at radius 1 is 0.825 bits per heavy atom. The van der Waals surface area contributed by atoms with Gasteiger partial charge in [0.25, 0.3) is 0 Å². The van der Waals surface area contributed by atoms with Crippen molar-refractivity contribution in [3.8, 4) is 0 Å². The standard InChI is InChI=1S/C29H39N11/c1-37(17-11-30-24-19-25(38-13-5-6-14-38)36-29(35-24)39-15-7-8-16-39)18-12-31-27-26-28(33-21-32-27)40(22-34-26)20-23-9-3-2-4-10-23/h2-4,9-10,19,21-22H,5-8,11-18,20H2,1H3,(H,30,35,36)(H,31,32,33). The molecule has 0 bridgehead atoms. The fraction of sp³-hybridized carbons (Fsp3) is 0.483. The van der Waals surface area contributed by atoms with Gasteiger partial charge in [0.1, 0.15) is 23.5 Å². The summed E-state index contributed by atoms with van der Waals surface area (Å²) < 4.78 is 2.06. The van der Waals surface area contributed by atoms with Crippen molar-refractivity contribution in [3.63, 3.8) is 0 Å². The number of nitrogens with zero attached hydrogens (tertiary/aromatic N) is 9. The van der Waals surface area contributed by atoms with Gasteiger partial charge in [-0.05, 0) is 38.3 Å². The molecule has 2 aliphatic heterocycles. The minimum atomic E-state index is 0.731. The molecule has 0 aliphatic carbocycles. The fourth-order valence-electron chi connectivity index (χ4n) is 5.44. The lowest BCUT2D eigenvalue weighted by Crippen LogP contribution is -2.30. The molecule has 40 heavy (non-hydrogen) atoms. The highest BCUT2D eigenvalue weighted by Gasteiger charge is 2.20. The average molecular weight is 542 g/mol. The second-order valence-electron chi connectivity index (χ2n) is 10.7. The number of imidazole rings is 1. The number of nitrogens with one attached hydrogen (secondary N) is 2. The Morgan fingerprint density at radius 2 is 1.55 bits per heavy atom. The molecule has 0 unspecified atom stereocenters. The highest BCUT2D eigenvalue weighted by atomic mass is 15.3. The van der Waals surface area contributed by atoms with Gasteiger partial charge in [0.15, 0.2) is 11.5 Å². The molecule has 2 aliphatic rings. The van der Waals surface area contributed by atoms with Crippen molar-refractivity contribution in [2.75, 3.05) is 79.8 Å². The Balaban J connectivity index is 1.01. The number of likely N-dealkylation sites (N-methyl/N-ethyl adjacent to an activating group) is 1. The van der Waals surface area contributed by atoms with Crippen LogP contribution in [0.3, 0.4) is 0 Å². The van der Waals surface area contributed by atoms with E-state index in [2.05, 4.69) is 70.1 Å². The van der Waals surface area contributed by atoms with Crippen molar-refractivity contribution in [2.45, 2.75) is 32.2 Å². The summed E-state index contributed by atoms with van der Waals surface area (Å²) in [7, 11) is 2.14. The summed E-state index contributed by atoms with van der Waals surface area (Å²) in [4.78, 5) is 30.3. The number of anilines is 4. The number of rotatable bonds is 12. The molecule has 6 rings (SSSR count). The highest BCUT2D eigenvalue weighted by Crippen LogP contribution is 2.25. The van der Waals surface area contributed by atoms with Gasteiger partial charge in [0, 0.05) is 58.4 Å². The Hall–Kier alpha value is -3.99. The molecule has 11 nitrogen and oxygen atoms in total. The summed E-state index contributed by atoms with van der Waals surface area (Å²) >= 11 is 0. The smallest absolute Gasteiger partial charge is 0.229 e. The molecule has 0 amide bonds. The van der Waals surface area contributed by atoms with Crippen LogP contribution in [0.15, 0.2) is 49.1 Å². The molecule has 2 N–H and O–H groups in total. The van der Waals surface area contributed by atoms with Crippen LogP contribution in [0, 0.1) is 0 Å². The van der Waals surface area contributed by atoms with E-state index in [1.807, 2.05) is 24.5 Å². The Bertz CT molecular complexity index is 1340.